The standard InChI is InChI=1S/C27H38ClFN4O3/c1-18(16-35-2)32-19-3-5-20(6-4-19)33-26-14-22(24(28)15-30-26)23-13-21(7-8-25(23)29)31-17-27(34)9-11-36-12-10-27/h7-8,13-15,18-20,31-32,34H,3-6,9-12,16-17H2,1-2H3,(H,30,33)/t18-,19?,20?/m0/s1. The average Bonchev–Trinajstić information content (AvgIpc) is 2.87. The van der Waals surface area contributed by atoms with Gasteiger partial charge >= 0.3 is 0 Å². The van der Waals surface area contributed by atoms with Gasteiger partial charge in [0.2, 0.25) is 0 Å². The molecule has 1 aliphatic heterocycles. The van der Waals surface area contributed by atoms with Crippen LogP contribution in [0.3, 0.4) is 0 Å². The van der Waals surface area contributed by atoms with Gasteiger partial charge in [-0.15, -0.1) is 0 Å². The van der Waals surface area contributed by atoms with Gasteiger partial charge in [0.05, 0.1) is 17.2 Å². The molecular weight excluding hydrogens is 483 g/mol. The maximum atomic E-state index is 14.9. The molecule has 1 atom stereocenters. The first-order valence-corrected chi connectivity index (χ1v) is 13.2. The third kappa shape index (κ3) is 7.29. The molecule has 0 spiro atoms. The van der Waals surface area contributed by atoms with Crippen molar-refractivity contribution >= 4 is 23.1 Å². The number of nitrogens with one attached hydrogen (secondary N) is 3. The zero-order chi connectivity index (χ0) is 25.5. The van der Waals surface area contributed by atoms with Gasteiger partial charge in [-0.2, -0.15) is 0 Å². The number of benzene rings is 1. The lowest BCUT2D eigenvalue weighted by Crippen LogP contribution is -2.42. The molecule has 0 bridgehead atoms. The summed E-state index contributed by atoms with van der Waals surface area (Å²) in [5.74, 6) is 0.328. The molecule has 2 aromatic rings. The van der Waals surface area contributed by atoms with Crippen LogP contribution in [-0.2, 0) is 9.47 Å². The van der Waals surface area contributed by atoms with Gasteiger partial charge in [-0.25, -0.2) is 9.37 Å². The fourth-order valence-corrected chi connectivity index (χ4v) is 5.28. The van der Waals surface area contributed by atoms with Crippen molar-refractivity contribution in [3.63, 3.8) is 0 Å². The van der Waals surface area contributed by atoms with Gasteiger partial charge in [-0.05, 0) is 56.9 Å². The molecule has 4 N–H and O–H groups in total. The van der Waals surface area contributed by atoms with E-state index in [1.165, 1.54) is 6.07 Å². The minimum absolute atomic E-state index is 0.306. The molecule has 36 heavy (non-hydrogen) atoms. The van der Waals surface area contributed by atoms with Gasteiger partial charge in [-0.3, -0.25) is 0 Å². The molecule has 198 valence electrons. The predicted octanol–water partition coefficient (Wildman–Crippen LogP) is 4.84. The Kier molecular flexibility index (Phi) is 9.41. The number of hydrogen-bond donors (Lipinski definition) is 4. The van der Waals surface area contributed by atoms with Crippen molar-refractivity contribution in [1.82, 2.24) is 10.3 Å². The van der Waals surface area contributed by atoms with Crippen molar-refractivity contribution in [1.29, 1.82) is 0 Å². The maximum absolute atomic E-state index is 14.9. The molecule has 2 heterocycles. The number of aromatic nitrogens is 1. The molecular formula is C27H38ClFN4O3. The fourth-order valence-electron chi connectivity index (χ4n) is 5.07. The molecule has 2 fully saturated rings. The number of anilines is 2. The van der Waals surface area contributed by atoms with E-state index in [2.05, 4.69) is 27.9 Å². The Bertz CT molecular complexity index is 997. The molecule has 1 aromatic carbocycles. The molecule has 1 saturated carbocycles. The Hall–Kier alpha value is -1.97. The van der Waals surface area contributed by atoms with E-state index in [0.29, 0.717) is 79.3 Å². The van der Waals surface area contributed by atoms with Crippen LogP contribution in [0.4, 0.5) is 15.9 Å². The lowest BCUT2D eigenvalue weighted by atomic mass is 9.90. The van der Waals surface area contributed by atoms with E-state index < -0.39 is 5.60 Å². The van der Waals surface area contributed by atoms with E-state index in [4.69, 9.17) is 21.1 Å². The zero-order valence-corrected chi connectivity index (χ0v) is 21.9. The molecule has 0 unspecified atom stereocenters. The highest BCUT2D eigenvalue weighted by molar-refractivity contribution is 6.33. The second-order valence-corrected chi connectivity index (χ2v) is 10.6. The molecule has 0 amide bonds. The second-order valence-electron chi connectivity index (χ2n) is 10.2. The van der Waals surface area contributed by atoms with Crippen LogP contribution in [0.15, 0.2) is 30.5 Å². The predicted molar refractivity (Wildman–Crippen MR) is 142 cm³/mol. The highest BCUT2D eigenvalue weighted by Crippen LogP contribution is 2.34. The lowest BCUT2D eigenvalue weighted by Gasteiger charge is -2.32. The van der Waals surface area contributed by atoms with Gasteiger partial charge in [-0.1, -0.05) is 11.6 Å². The quantitative estimate of drug-likeness (QED) is 0.356. The van der Waals surface area contributed by atoms with Crippen molar-refractivity contribution in [3.8, 4) is 11.1 Å². The number of methoxy groups -OCH3 is 1. The van der Waals surface area contributed by atoms with Crippen LogP contribution in [0.1, 0.15) is 45.4 Å². The molecule has 7 nitrogen and oxygen atoms in total. The van der Waals surface area contributed by atoms with Crippen LogP contribution in [-0.4, -0.2) is 67.3 Å². The van der Waals surface area contributed by atoms with Crippen LogP contribution in [0.25, 0.3) is 11.1 Å². The summed E-state index contributed by atoms with van der Waals surface area (Å²) in [7, 11) is 1.72. The molecule has 2 aliphatic rings. The maximum Gasteiger partial charge on any atom is 0.131 e. The Balaban J connectivity index is 1.40. The van der Waals surface area contributed by atoms with Gasteiger partial charge in [0.25, 0.3) is 0 Å². The number of hydrogen-bond acceptors (Lipinski definition) is 7. The Morgan fingerprint density at radius 2 is 1.89 bits per heavy atom. The van der Waals surface area contributed by atoms with E-state index in [1.807, 2.05) is 6.07 Å². The summed E-state index contributed by atoms with van der Waals surface area (Å²) in [5, 5.41) is 21.5. The van der Waals surface area contributed by atoms with Crippen LogP contribution >= 0.6 is 11.6 Å². The van der Waals surface area contributed by atoms with Gasteiger partial charge in [0.15, 0.2) is 0 Å². The van der Waals surface area contributed by atoms with Gasteiger partial charge in [0, 0.05) is 80.8 Å². The molecule has 1 saturated heterocycles. The molecule has 0 radical (unpaired) electrons. The van der Waals surface area contributed by atoms with Crippen molar-refractivity contribution in [3.05, 3.63) is 41.3 Å². The van der Waals surface area contributed by atoms with E-state index in [1.54, 1.807) is 25.4 Å². The topological polar surface area (TPSA) is 87.7 Å². The van der Waals surface area contributed by atoms with Crippen molar-refractivity contribution in [2.24, 2.45) is 0 Å². The van der Waals surface area contributed by atoms with Crippen molar-refractivity contribution in [2.75, 3.05) is 44.1 Å². The number of pyridine rings is 1. The highest BCUT2D eigenvalue weighted by atomic mass is 35.5. The smallest absolute Gasteiger partial charge is 0.131 e. The minimum atomic E-state index is -0.825. The monoisotopic (exact) mass is 520 g/mol. The molecule has 4 rings (SSSR count). The number of halogens is 2. The molecule has 1 aliphatic carbocycles. The summed E-state index contributed by atoms with van der Waals surface area (Å²) in [6.07, 6.45) is 6.92. The van der Waals surface area contributed by atoms with Crippen LogP contribution in [0, 0.1) is 5.82 Å². The third-order valence-corrected chi connectivity index (χ3v) is 7.47. The lowest BCUT2D eigenvalue weighted by molar-refractivity contribution is -0.0543. The van der Waals surface area contributed by atoms with Crippen LogP contribution in [0.2, 0.25) is 5.02 Å². The Morgan fingerprint density at radius 1 is 1.17 bits per heavy atom. The number of nitrogens with zero attached hydrogens (tertiary/aromatic N) is 1. The minimum Gasteiger partial charge on any atom is -0.388 e. The number of ether oxygens (including phenoxy) is 2. The first-order valence-electron chi connectivity index (χ1n) is 12.9. The number of aliphatic hydroxyl groups is 1. The third-order valence-electron chi connectivity index (χ3n) is 7.17. The molecule has 9 heteroatoms. The van der Waals surface area contributed by atoms with Gasteiger partial charge < -0.3 is 30.5 Å². The Morgan fingerprint density at radius 3 is 2.61 bits per heavy atom. The van der Waals surface area contributed by atoms with E-state index in [0.717, 1.165) is 31.4 Å². The summed E-state index contributed by atoms with van der Waals surface area (Å²) in [5.41, 5.74) is 0.884. The summed E-state index contributed by atoms with van der Waals surface area (Å²) >= 11 is 6.46. The summed E-state index contributed by atoms with van der Waals surface area (Å²) in [4.78, 5) is 4.45. The average molecular weight is 521 g/mol. The second kappa shape index (κ2) is 12.5. The van der Waals surface area contributed by atoms with E-state index in [-0.39, 0.29) is 5.82 Å². The van der Waals surface area contributed by atoms with Crippen LogP contribution < -0.4 is 16.0 Å². The number of rotatable bonds is 10. The first kappa shape index (κ1) is 27.1. The summed E-state index contributed by atoms with van der Waals surface area (Å²) in [6.45, 7) is 4.31. The summed E-state index contributed by atoms with van der Waals surface area (Å²) in [6, 6.07) is 7.79. The fraction of sp³-hybridized carbons (Fsp3) is 0.593. The zero-order valence-electron chi connectivity index (χ0n) is 21.2. The van der Waals surface area contributed by atoms with E-state index >= 15 is 0 Å². The van der Waals surface area contributed by atoms with Gasteiger partial charge in [0.1, 0.15) is 11.6 Å². The summed E-state index contributed by atoms with van der Waals surface area (Å²) < 4.78 is 25.5. The van der Waals surface area contributed by atoms with Crippen molar-refractivity contribution < 1.29 is 19.0 Å². The normalized spacial score (nSPS) is 22.7. The van der Waals surface area contributed by atoms with Crippen molar-refractivity contribution in [2.45, 2.75) is 69.2 Å². The highest BCUT2D eigenvalue weighted by Gasteiger charge is 2.29. The SMILES string of the molecule is COC[C@H](C)NC1CCC(Nc2cc(-c3cc(NCC4(O)CCOCC4)ccc3F)c(Cl)cn2)CC1. The first-order chi connectivity index (χ1) is 17.3. The largest absolute Gasteiger partial charge is 0.388 e. The Labute approximate surface area is 218 Å². The molecule has 1 aromatic heterocycles. The van der Waals surface area contributed by atoms with E-state index in [9.17, 15) is 9.50 Å². The van der Waals surface area contributed by atoms with Crippen LogP contribution in [0.5, 0.6) is 0 Å².